The van der Waals surface area contributed by atoms with Crippen LogP contribution < -0.4 is 0 Å². The molecule has 1 fully saturated rings. The van der Waals surface area contributed by atoms with Gasteiger partial charge in [0, 0.05) is 26.2 Å². The van der Waals surface area contributed by atoms with Gasteiger partial charge in [0.1, 0.15) is 5.88 Å². The highest BCUT2D eigenvalue weighted by molar-refractivity contribution is 6.27. The van der Waals surface area contributed by atoms with Gasteiger partial charge in [0.05, 0.1) is 0 Å². The van der Waals surface area contributed by atoms with Crippen LogP contribution in [0.1, 0.15) is 18.4 Å². The average molecular weight is 295 g/mol. The molecule has 1 amide bonds. The molecule has 2 rings (SSSR count). The average Bonchev–Trinajstić information content (AvgIpc) is 2.47. The first-order valence-corrected chi connectivity index (χ1v) is 7.78. The molecule has 1 saturated heterocycles. The third-order valence-electron chi connectivity index (χ3n) is 3.85. The summed E-state index contributed by atoms with van der Waals surface area (Å²) in [6.07, 6.45) is 2.29. The monoisotopic (exact) mass is 294 g/mol. The van der Waals surface area contributed by atoms with E-state index in [1.807, 2.05) is 11.0 Å². The van der Waals surface area contributed by atoms with Gasteiger partial charge in [0.2, 0.25) is 5.91 Å². The Hall–Kier alpha value is -1.06. The van der Waals surface area contributed by atoms with Crippen LogP contribution >= 0.6 is 11.6 Å². The van der Waals surface area contributed by atoms with Crippen LogP contribution in [0.25, 0.3) is 0 Å². The van der Waals surface area contributed by atoms with Crippen molar-refractivity contribution in [2.24, 2.45) is 5.92 Å². The molecule has 3 nitrogen and oxygen atoms in total. The number of likely N-dealkylation sites (tertiary alicyclic amines) is 1. The fourth-order valence-electron chi connectivity index (χ4n) is 2.93. The third kappa shape index (κ3) is 4.50. The second kappa shape index (κ2) is 7.65. The summed E-state index contributed by atoms with van der Waals surface area (Å²) in [5, 5.41) is 0. The van der Waals surface area contributed by atoms with Crippen LogP contribution in [0.5, 0.6) is 0 Å². The summed E-state index contributed by atoms with van der Waals surface area (Å²) in [6.45, 7) is 3.71. The summed E-state index contributed by atoms with van der Waals surface area (Å²) in [4.78, 5) is 15.9. The summed E-state index contributed by atoms with van der Waals surface area (Å²) in [6, 6.07) is 10.5. The second-order valence-electron chi connectivity index (χ2n) is 5.66. The van der Waals surface area contributed by atoms with Gasteiger partial charge in [-0.25, -0.2) is 0 Å². The molecule has 0 aliphatic carbocycles. The number of piperidine rings is 1. The van der Waals surface area contributed by atoms with Crippen LogP contribution in [-0.2, 0) is 11.3 Å². The molecule has 0 spiro atoms. The topological polar surface area (TPSA) is 23.6 Å². The van der Waals surface area contributed by atoms with Gasteiger partial charge in [-0.2, -0.15) is 0 Å². The Morgan fingerprint density at radius 2 is 2.15 bits per heavy atom. The lowest BCUT2D eigenvalue weighted by atomic mass is 9.97. The number of nitrogens with zero attached hydrogens (tertiary/aromatic N) is 2. The fourth-order valence-corrected chi connectivity index (χ4v) is 3.09. The molecule has 0 aromatic heterocycles. The Kier molecular flexibility index (Phi) is 5.86. The number of benzene rings is 1. The maximum Gasteiger partial charge on any atom is 0.237 e. The second-order valence-corrected chi connectivity index (χ2v) is 5.93. The molecular formula is C16H23ClN2O. The summed E-state index contributed by atoms with van der Waals surface area (Å²) in [5.41, 5.74) is 1.33. The molecule has 1 aliphatic heterocycles. The molecule has 0 N–H and O–H groups in total. The minimum atomic E-state index is 0.0714. The largest absolute Gasteiger partial charge is 0.341 e. The van der Waals surface area contributed by atoms with Crippen LogP contribution in [-0.4, -0.2) is 48.3 Å². The minimum absolute atomic E-state index is 0.0714. The van der Waals surface area contributed by atoms with E-state index in [1.54, 1.807) is 0 Å². The zero-order chi connectivity index (χ0) is 14.4. The molecule has 1 aliphatic rings. The van der Waals surface area contributed by atoms with Gasteiger partial charge >= 0.3 is 0 Å². The summed E-state index contributed by atoms with van der Waals surface area (Å²) < 4.78 is 0. The van der Waals surface area contributed by atoms with E-state index in [4.69, 9.17) is 11.6 Å². The number of alkyl halides is 1. The van der Waals surface area contributed by atoms with Crippen molar-refractivity contribution < 1.29 is 4.79 Å². The highest BCUT2D eigenvalue weighted by Gasteiger charge is 2.23. The zero-order valence-corrected chi connectivity index (χ0v) is 12.9. The molecule has 0 radical (unpaired) electrons. The Bertz CT molecular complexity index is 424. The van der Waals surface area contributed by atoms with Gasteiger partial charge in [-0.3, -0.25) is 4.79 Å². The number of rotatable bonds is 5. The molecule has 1 aromatic carbocycles. The molecule has 1 heterocycles. The first-order chi connectivity index (χ1) is 9.69. The number of amides is 1. The number of hydrogen-bond acceptors (Lipinski definition) is 2. The molecule has 1 aromatic rings. The Labute approximate surface area is 126 Å². The molecule has 110 valence electrons. The van der Waals surface area contributed by atoms with Gasteiger partial charge in [0.15, 0.2) is 0 Å². The van der Waals surface area contributed by atoms with Crippen molar-refractivity contribution in [1.29, 1.82) is 0 Å². The van der Waals surface area contributed by atoms with Gasteiger partial charge in [-0.15, -0.1) is 11.6 Å². The highest BCUT2D eigenvalue weighted by atomic mass is 35.5. The van der Waals surface area contributed by atoms with Crippen LogP contribution in [0.2, 0.25) is 0 Å². The van der Waals surface area contributed by atoms with Gasteiger partial charge in [-0.1, -0.05) is 30.3 Å². The normalized spacial score (nSPS) is 19.4. The lowest BCUT2D eigenvalue weighted by Gasteiger charge is -2.34. The maximum absolute atomic E-state index is 11.7. The fraction of sp³-hybridized carbons (Fsp3) is 0.562. The summed E-state index contributed by atoms with van der Waals surface area (Å²) >= 11 is 5.64. The SMILES string of the molecule is CN(Cc1ccccc1)C[C@H]1CCCN(C(=O)CCl)C1. The third-order valence-corrected chi connectivity index (χ3v) is 4.08. The van der Waals surface area contributed by atoms with Crippen molar-refractivity contribution in [3.63, 3.8) is 0 Å². The van der Waals surface area contributed by atoms with E-state index in [9.17, 15) is 4.79 Å². The van der Waals surface area contributed by atoms with Crippen LogP contribution in [0.4, 0.5) is 0 Å². The molecule has 0 unspecified atom stereocenters. The van der Waals surface area contributed by atoms with E-state index in [1.165, 1.54) is 12.0 Å². The van der Waals surface area contributed by atoms with Crippen molar-refractivity contribution in [2.75, 3.05) is 32.6 Å². The zero-order valence-electron chi connectivity index (χ0n) is 12.1. The number of hydrogen-bond donors (Lipinski definition) is 0. The van der Waals surface area contributed by atoms with Crippen molar-refractivity contribution >= 4 is 17.5 Å². The van der Waals surface area contributed by atoms with E-state index >= 15 is 0 Å². The van der Waals surface area contributed by atoms with E-state index < -0.39 is 0 Å². The van der Waals surface area contributed by atoms with Crippen molar-refractivity contribution in [1.82, 2.24) is 9.80 Å². The Morgan fingerprint density at radius 1 is 1.40 bits per heavy atom. The van der Waals surface area contributed by atoms with E-state index in [-0.39, 0.29) is 11.8 Å². The molecule has 4 heteroatoms. The summed E-state index contributed by atoms with van der Waals surface area (Å²) in [5.74, 6) is 0.735. The smallest absolute Gasteiger partial charge is 0.237 e. The Morgan fingerprint density at radius 3 is 2.85 bits per heavy atom. The van der Waals surface area contributed by atoms with Crippen LogP contribution in [0, 0.1) is 5.92 Å². The van der Waals surface area contributed by atoms with Crippen LogP contribution in [0.3, 0.4) is 0 Å². The standard InChI is InChI=1S/C16H23ClN2O/c1-18(11-14-6-3-2-4-7-14)12-15-8-5-9-19(13-15)16(20)10-17/h2-4,6-7,15H,5,8-13H2,1H3/t15-/m1/s1. The van der Waals surface area contributed by atoms with E-state index in [2.05, 4.69) is 36.2 Å². The van der Waals surface area contributed by atoms with Gasteiger partial charge < -0.3 is 9.80 Å². The molecule has 20 heavy (non-hydrogen) atoms. The van der Waals surface area contributed by atoms with Crippen molar-refractivity contribution in [3.05, 3.63) is 35.9 Å². The summed E-state index contributed by atoms with van der Waals surface area (Å²) in [7, 11) is 2.15. The molecule has 1 atom stereocenters. The van der Waals surface area contributed by atoms with Gasteiger partial charge in [-0.05, 0) is 31.4 Å². The number of halogens is 1. The van der Waals surface area contributed by atoms with Crippen molar-refractivity contribution in [2.45, 2.75) is 19.4 Å². The first kappa shape index (κ1) is 15.3. The molecule has 0 bridgehead atoms. The lowest BCUT2D eigenvalue weighted by Crippen LogP contribution is -2.43. The molecule has 0 saturated carbocycles. The van der Waals surface area contributed by atoms with Crippen molar-refractivity contribution in [3.8, 4) is 0 Å². The lowest BCUT2D eigenvalue weighted by molar-refractivity contribution is -0.130. The highest BCUT2D eigenvalue weighted by Crippen LogP contribution is 2.18. The van der Waals surface area contributed by atoms with E-state index in [0.717, 1.165) is 32.6 Å². The van der Waals surface area contributed by atoms with E-state index in [0.29, 0.717) is 5.92 Å². The predicted molar refractivity (Wildman–Crippen MR) is 82.8 cm³/mol. The molecular weight excluding hydrogens is 272 g/mol. The number of carbonyl (C=O) groups is 1. The first-order valence-electron chi connectivity index (χ1n) is 7.25. The minimum Gasteiger partial charge on any atom is -0.341 e. The Balaban J connectivity index is 1.81. The van der Waals surface area contributed by atoms with Gasteiger partial charge in [0.25, 0.3) is 0 Å². The van der Waals surface area contributed by atoms with Crippen LogP contribution in [0.15, 0.2) is 30.3 Å². The number of carbonyl (C=O) groups excluding carboxylic acids is 1. The predicted octanol–water partition coefficient (Wildman–Crippen LogP) is 2.60. The quantitative estimate of drug-likeness (QED) is 0.780. The maximum atomic E-state index is 11.7.